The summed E-state index contributed by atoms with van der Waals surface area (Å²) in [5, 5.41) is 3.49. The van der Waals surface area contributed by atoms with E-state index >= 15 is 0 Å². The van der Waals surface area contributed by atoms with Crippen LogP contribution in [0.4, 0.5) is 0 Å². The maximum Gasteiger partial charge on any atom is 0.122 e. The van der Waals surface area contributed by atoms with Gasteiger partial charge in [0.25, 0.3) is 0 Å². The monoisotopic (exact) mass is 221 g/mol. The van der Waals surface area contributed by atoms with Crippen molar-refractivity contribution in [3.8, 4) is 5.75 Å². The molecule has 0 bridgehead atoms. The molecule has 1 aromatic carbocycles. The summed E-state index contributed by atoms with van der Waals surface area (Å²) in [5.41, 5.74) is 2.54. The van der Waals surface area contributed by atoms with Gasteiger partial charge >= 0.3 is 0 Å². The summed E-state index contributed by atoms with van der Waals surface area (Å²) in [7, 11) is 0. The largest absolute Gasteiger partial charge is 0.494 e. The van der Waals surface area contributed by atoms with Gasteiger partial charge in [0.2, 0.25) is 0 Å². The van der Waals surface area contributed by atoms with Gasteiger partial charge in [0.1, 0.15) is 5.75 Å². The molecule has 0 radical (unpaired) electrons. The third-order valence-electron chi connectivity index (χ3n) is 2.70. The van der Waals surface area contributed by atoms with Crippen molar-refractivity contribution >= 4 is 0 Å². The zero-order valence-corrected chi connectivity index (χ0v) is 10.8. The van der Waals surface area contributed by atoms with Gasteiger partial charge in [-0.2, -0.15) is 0 Å². The van der Waals surface area contributed by atoms with Gasteiger partial charge in [-0.15, -0.1) is 0 Å². The fraction of sp³-hybridized carbons (Fsp3) is 0.571. The molecule has 0 saturated heterocycles. The van der Waals surface area contributed by atoms with Crippen molar-refractivity contribution in [2.45, 2.75) is 40.2 Å². The Hall–Kier alpha value is -1.02. The lowest BCUT2D eigenvalue weighted by atomic mass is 10.0. The van der Waals surface area contributed by atoms with Crippen LogP contribution in [0.5, 0.6) is 5.75 Å². The van der Waals surface area contributed by atoms with Gasteiger partial charge in [-0.25, -0.2) is 0 Å². The van der Waals surface area contributed by atoms with Crippen molar-refractivity contribution in [3.05, 3.63) is 29.3 Å². The Morgan fingerprint density at radius 2 is 2.06 bits per heavy atom. The zero-order valence-electron chi connectivity index (χ0n) is 10.8. The first-order chi connectivity index (χ1) is 7.69. The molecule has 1 unspecified atom stereocenters. The number of ether oxygens (including phenoxy) is 1. The fourth-order valence-electron chi connectivity index (χ4n) is 1.74. The zero-order chi connectivity index (χ0) is 12.0. The third-order valence-corrected chi connectivity index (χ3v) is 2.70. The van der Waals surface area contributed by atoms with E-state index in [0.717, 1.165) is 18.9 Å². The van der Waals surface area contributed by atoms with Crippen molar-refractivity contribution in [1.29, 1.82) is 0 Å². The van der Waals surface area contributed by atoms with Gasteiger partial charge in [-0.05, 0) is 50.9 Å². The Labute approximate surface area is 99.0 Å². The number of benzene rings is 1. The first kappa shape index (κ1) is 13.0. The topological polar surface area (TPSA) is 21.3 Å². The summed E-state index contributed by atoms with van der Waals surface area (Å²) in [4.78, 5) is 0. The maximum absolute atomic E-state index is 5.53. The number of aryl methyl sites for hydroxylation is 1. The van der Waals surface area contributed by atoms with Crippen LogP contribution >= 0.6 is 0 Å². The van der Waals surface area contributed by atoms with Crippen LogP contribution in [0.1, 0.15) is 44.4 Å². The summed E-state index contributed by atoms with van der Waals surface area (Å²) in [5.74, 6) is 0.994. The molecule has 1 atom stereocenters. The first-order valence-corrected chi connectivity index (χ1v) is 6.15. The molecule has 0 heterocycles. The van der Waals surface area contributed by atoms with Crippen LogP contribution in [0, 0.1) is 6.92 Å². The number of hydrogen-bond donors (Lipinski definition) is 1. The van der Waals surface area contributed by atoms with Gasteiger partial charge in [-0.1, -0.05) is 19.1 Å². The second-order valence-corrected chi connectivity index (χ2v) is 4.13. The van der Waals surface area contributed by atoms with Crippen LogP contribution < -0.4 is 10.1 Å². The molecule has 16 heavy (non-hydrogen) atoms. The highest BCUT2D eigenvalue weighted by Gasteiger charge is 2.06. The minimum Gasteiger partial charge on any atom is -0.494 e. The highest BCUT2D eigenvalue weighted by molar-refractivity contribution is 5.37. The van der Waals surface area contributed by atoms with Crippen LogP contribution in [0.15, 0.2) is 18.2 Å². The number of nitrogens with one attached hydrogen (secondary N) is 1. The van der Waals surface area contributed by atoms with Gasteiger partial charge in [0.05, 0.1) is 6.61 Å². The normalized spacial score (nSPS) is 12.5. The van der Waals surface area contributed by atoms with E-state index in [4.69, 9.17) is 4.74 Å². The molecule has 0 aliphatic rings. The highest BCUT2D eigenvalue weighted by Crippen LogP contribution is 2.22. The quantitative estimate of drug-likeness (QED) is 0.794. The van der Waals surface area contributed by atoms with E-state index in [-0.39, 0.29) is 0 Å². The first-order valence-electron chi connectivity index (χ1n) is 6.15. The predicted molar refractivity (Wildman–Crippen MR) is 69.1 cm³/mol. The Morgan fingerprint density at radius 3 is 2.62 bits per heavy atom. The molecule has 2 heteroatoms. The summed E-state index contributed by atoms with van der Waals surface area (Å²) in [6.45, 7) is 10.3. The van der Waals surface area contributed by atoms with Gasteiger partial charge in [0, 0.05) is 6.04 Å². The second-order valence-electron chi connectivity index (χ2n) is 4.13. The molecule has 0 saturated carbocycles. The van der Waals surface area contributed by atoms with E-state index in [9.17, 15) is 0 Å². The molecular formula is C14H23NO. The molecule has 1 aromatic rings. The van der Waals surface area contributed by atoms with Crippen molar-refractivity contribution in [2.24, 2.45) is 0 Å². The fourth-order valence-corrected chi connectivity index (χ4v) is 1.74. The molecule has 90 valence electrons. The summed E-state index contributed by atoms with van der Waals surface area (Å²) in [6.07, 6.45) is 1.17. The van der Waals surface area contributed by atoms with Crippen molar-refractivity contribution in [2.75, 3.05) is 13.2 Å². The smallest absolute Gasteiger partial charge is 0.122 e. The molecule has 0 aliphatic heterocycles. The lowest BCUT2D eigenvalue weighted by molar-refractivity contribution is 0.337. The predicted octanol–water partition coefficient (Wildman–Crippen LogP) is 3.45. The van der Waals surface area contributed by atoms with Crippen molar-refractivity contribution < 1.29 is 4.74 Å². The molecule has 2 nitrogen and oxygen atoms in total. The van der Waals surface area contributed by atoms with E-state index in [1.54, 1.807) is 0 Å². The summed E-state index contributed by atoms with van der Waals surface area (Å²) in [6, 6.07) is 6.83. The lowest BCUT2D eigenvalue weighted by Gasteiger charge is -2.15. The minimum atomic E-state index is 0.411. The van der Waals surface area contributed by atoms with Crippen LogP contribution in [0.3, 0.4) is 0 Å². The average molecular weight is 221 g/mol. The van der Waals surface area contributed by atoms with Crippen molar-refractivity contribution in [1.82, 2.24) is 5.32 Å². The van der Waals surface area contributed by atoms with Crippen molar-refractivity contribution in [3.63, 3.8) is 0 Å². The third kappa shape index (κ3) is 3.53. The number of hydrogen-bond acceptors (Lipinski definition) is 2. The Bertz CT molecular complexity index is 323. The van der Waals surface area contributed by atoms with E-state index in [2.05, 4.69) is 44.3 Å². The lowest BCUT2D eigenvalue weighted by Crippen LogP contribution is -2.19. The van der Waals surface area contributed by atoms with E-state index in [0.29, 0.717) is 6.04 Å². The summed E-state index contributed by atoms with van der Waals surface area (Å²) < 4.78 is 5.53. The molecule has 1 N–H and O–H groups in total. The van der Waals surface area contributed by atoms with Crippen LogP contribution in [0.2, 0.25) is 0 Å². The standard InChI is InChI=1S/C14H23NO/c1-5-9-15-12(4)13-7-8-14(16-6-2)11(3)10-13/h7-8,10,12,15H,5-6,9H2,1-4H3. The van der Waals surface area contributed by atoms with E-state index in [1.807, 2.05) is 6.92 Å². The molecule has 0 fully saturated rings. The Morgan fingerprint density at radius 1 is 1.31 bits per heavy atom. The van der Waals surface area contributed by atoms with Crippen LogP contribution in [-0.4, -0.2) is 13.2 Å². The van der Waals surface area contributed by atoms with Gasteiger partial charge in [0.15, 0.2) is 0 Å². The van der Waals surface area contributed by atoms with E-state index in [1.165, 1.54) is 17.5 Å². The molecule has 1 rings (SSSR count). The van der Waals surface area contributed by atoms with Gasteiger partial charge < -0.3 is 10.1 Å². The molecule has 0 aliphatic carbocycles. The van der Waals surface area contributed by atoms with Crippen LogP contribution in [0.25, 0.3) is 0 Å². The molecule has 0 spiro atoms. The maximum atomic E-state index is 5.53. The molecular weight excluding hydrogens is 198 g/mol. The SMILES string of the molecule is CCCNC(C)c1ccc(OCC)c(C)c1. The molecule has 0 aromatic heterocycles. The Balaban J connectivity index is 2.71. The highest BCUT2D eigenvalue weighted by atomic mass is 16.5. The second kappa shape index (κ2) is 6.54. The Kier molecular flexibility index (Phi) is 5.33. The molecule has 0 amide bonds. The minimum absolute atomic E-state index is 0.411. The van der Waals surface area contributed by atoms with Gasteiger partial charge in [-0.3, -0.25) is 0 Å². The van der Waals surface area contributed by atoms with E-state index < -0.39 is 0 Å². The van der Waals surface area contributed by atoms with Crippen LogP contribution in [-0.2, 0) is 0 Å². The average Bonchev–Trinajstić information content (AvgIpc) is 2.29. The summed E-state index contributed by atoms with van der Waals surface area (Å²) >= 11 is 0. The number of rotatable bonds is 6.